The Labute approximate surface area is 192 Å². The Morgan fingerprint density at radius 2 is 1.30 bits per heavy atom. The molecule has 1 atom stereocenters. The molecule has 1 unspecified atom stereocenters. The van der Waals surface area contributed by atoms with Crippen molar-refractivity contribution in [2.24, 2.45) is 0 Å². The molecule has 7 heteroatoms. The standard InChI is InChI=1S/C23H26IN3O2S/c1-26(2)20-13-9-18(10-14-20)23(19-11-15-21(16-12-19)27(3)17-24)25-30(28,29)22-7-5-4-6-8-22/h4-16,23,25H,17H2,1-3H3. The average Bonchev–Trinajstić information content (AvgIpc) is 2.78. The number of benzene rings is 3. The van der Waals surface area contributed by atoms with Crippen molar-refractivity contribution in [1.29, 1.82) is 0 Å². The first-order valence-electron chi connectivity index (χ1n) is 9.53. The maximum Gasteiger partial charge on any atom is 0.241 e. The van der Waals surface area contributed by atoms with Crippen molar-refractivity contribution in [1.82, 2.24) is 4.72 Å². The van der Waals surface area contributed by atoms with Gasteiger partial charge >= 0.3 is 0 Å². The average molecular weight is 535 g/mol. The lowest BCUT2D eigenvalue weighted by Crippen LogP contribution is -2.29. The molecular formula is C23H26IN3O2S. The molecule has 0 fully saturated rings. The van der Waals surface area contributed by atoms with Crippen molar-refractivity contribution in [3.05, 3.63) is 90.0 Å². The summed E-state index contributed by atoms with van der Waals surface area (Å²) < 4.78 is 29.9. The SMILES string of the molecule is CN(C)c1ccc(C(NS(=O)(=O)c2ccccc2)c2ccc(N(C)CI)cc2)cc1. The summed E-state index contributed by atoms with van der Waals surface area (Å²) >= 11 is 2.31. The van der Waals surface area contributed by atoms with Crippen LogP contribution < -0.4 is 14.5 Å². The van der Waals surface area contributed by atoms with Crippen LogP contribution in [0.15, 0.2) is 83.8 Å². The molecule has 5 nitrogen and oxygen atoms in total. The van der Waals surface area contributed by atoms with E-state index in [0.29, 0.717) is 0 Å². The Morgan fingerprint density at radius 3 is 1.77 bits per heavy atom. The van der Waals surface area contributed by atoms with E-state index in [1.165, 1.54) is 0 Å². The van der Waals surface area contributed by atoms with Gasteiger partial charge in [-0.15, -0.1) is 0 Å². The van der Waals surface area contributed by atoms with E-state index in [2.05, 4.69) is 32.2 Å². The molecule has 3 aromatic carbocycles. The van der Waals surface area contributed by atoms with Gasteiger partial charge in [0.05, 0.1) is 15.5 Å². The number of hydrogen-bond acceptors (Lipinski definition) is 4. The largest absolute Gasteiger partial charge is 0.378 e. The summed E-state index contributed by atoms with van der Waals surface area (Å²) in [6.45, 7) is 0. The highest BCUT2D eigenvalue weighted by atomic mass is 127. The number of alkyl halides is 1. The molecule has 0 aromatic heterocycles. The van der Waals surface area contributed by atoms with Crippen LogP contribution in [0.5, 0.6) is 0 Å². The van der Waals surface area contributed by atoms with Crippen LogP contribution in [0.2, 0.25) is 0 Å². The Hall–Kier alpha value is -2.10. The van der Waals surface area contributed by atoms with Crippen molar-refractivity contribution >= 4 is 44.0 Å². The first kappa shape index (κ1) is 22.6. The molecule has 0 aliphatic heterocycles. The smallest absolute Gasteiger partial charge is 0.241 e. The second kappa shape index (κ2) is 9.80. The van der Waals surface area contributed by atoms with Gasteiger partial charge in [-0.2, -0.15) is 4.72 Å². The summed E-state index contributed by atoms with van der Waals surface area (Å²) in [6, 6.07) is 23.9. The zero-order valence-corrected chi connectivity index (χ0v) is 20.3. The molecule has 0 saturated heterocycles. The van der Waals surface area contributed by atoms with Gasteiger partial charge in [0.15, 0.2) is 0 Å². The maximum atomic E-state index is 13.1. The number of nitrogens with zero attached hydrogens (tertiary/aromatic N) is 2. The maximum absolute atomic E-state index is 13.1. The quantitative estimate of drug-likeness (QED) is 0.259. The molecular weight excluding hydrogens is 509 g/mol. The number of sulfonamides is 1. The van der Waals surface area contributed by atoms with Crippen LogP contribution >= 0.6 is 22.6 Å². The second-order valence-electron chi connectivity index (χ2n) is 7.26. The van der Waals surface area contributed by atoms with E-state index in [4.69, 9.17) is 0 Å². The molecule has 3 aromatic rings. The van der Waals surface area contributed by atoms with Crippen molar-refractivity contribution < 1.29 is 8.42 Å². The molecule has 0 amide bonds. The minimum atomic E-state index is -3.69. The monoisotopic (exact) mass is 535 g/mol. The Morgan fingerprint density at radius 1 is 0.800 bits per heavy atom. The van der Waals surface area contributed by atoms with Crippen LogP contribution in [-0.2, 0) is 10.0 Å². The predicted molar refractivity (Wildman–Crippen MR) is 133 cm³/mol. The van der Waals surface area contributed by atoms with Gasteiger partial charge in [-0.05, 0) is 47.5 Å². The molecule has 1 N–H and O–H groups in total. The van der Waals surface area contributed by atoms with Crippen LogP contribution in [-0.4, -0.2) is 34.1 Å². The normalized spacial score (nSPS) is 12.4. The highest BCUT2D eigenvalue weighted by molar-refractivity contribution is 14.1. The lowest BCUT2D eigenvalue weighted by atomic mass is 9.99. The van der Waals surface area contributed by atoms with E-state index >= 15 is 0 Å². The fraction of sp³-hybridized carbons (Fsp3) is 0.217. The molecule has 0 saturated carbocycles. The van der Waals surface area contributed by atoms with Gasteiger partial charge in [-0.1, -0.05) is 65.1 Å². The molecule has 0 heterocycles. The number of nitrogens with one attached hydrogen (secondary N) is 1. The number of halogens is 1. The van der Waals surface area contributed by atoms with E-state index in [9.17, 15) is 8.42 Å². The fourth-order valence-electron chi connectivity index (χ4n) is 3.11. The Kier molecular flexibility index (Phi) is 7.38. The number of rotatable bonds is 8. The molecule has 0 aliphatic carbocycles. The highest BCUT2D eigenvalue weighted by Crippen LogP contribution is 2.28. The first-order chi connectivity index (χ1) is 14.3. The summed E-state index contributed by atoms with van der Waals surface area (Å²) in [5, 5.41) is 0. The third-order valence-electron chi connectivity index (χ3n) is 4.92. The lowest BCUT2D eigenvalue weighted by Gasteiger charge is -2.22. The molecule has 0 spiro atoms. The summed E-state index contributed by atoms with van der Waals surface area (Å²) in [6.07, 6.45) is 0. The van der Waals surface area contributed by atoms with E-state index in [1.54, 1.807) is 30.3 Å². The van der Waals surface area contributed by atoms with Gasteiger partial charge in [-0.25, -0.2) is 8.42 Å². The zero-order chi connectivity index (χ0) is 21.7. The Balaban J connectivity index is 2.00. The summed E-state index contributed by atoms with van der Waals surface area (Å²) in [7, 11) is 2.30. The molecule has 0 radical (unpaired) electrons. The lowest BCUT2D eigenvalue weighted by molar-refractivity contribution is 0.572. The van der Waals surface area contributed by atoms with Crippen LogP contribution in [0.1, 0.15) is 17.2 Å². The molecule has 30 heavy (non-hydrogen) atoms. The van der Waals surface area contributed by atoms with E-state index in [1.807, 2.05) is 74.6 Å². The molecule has 0 bridgehead atoms. The zero-order valence-electron chi connectivity index (χ0n) is 17.3. The molecule has 0 aliphatic rings. The summed E-state index contributed by atoms with van der Waals surface area (Å²) in [4.78, 5) is 4.39. The van der Waals surface area contributed by atoms with Crippen LogP contribution in [0, 0.1) is 0 Å². The number of anilines is 2. The minimum absolute atomic E-state index is 0.251. The second-order valence-corrected chi connectivity index (χ2v) is 9.66. The van der Waals surface area contributed by atoms with E-state index < -0.39 is 16.1 Å². The van der Waals surface area contributed by atoms with Crippen molar-refractivity contribution in [3.63, 3.8) is 0 Å². The minimum Gasteiger partial charge on any atom is -0.378 e. The predicted octanol–water partition coefficient (Wildman–Crippen LogP) is 4.65. The van der Waals surface area contributed by atoms with Crippen LogP contribution in [0.25, 0.3) is 0 Å². The van der Waals surface area contributed by atoms with Gasteiger partial charge < -0.3 is 9.80 Å². The van der Waals surface area contributed by atoms with Gasteiger partial charge in [0, 0.05) is 32.5 Å². The fourth-order valence-corrected chi connectivity index (χ4v) is 4.73. The van der Waals surface area contributed by atoms with Gasteiger partial charge in [0.1, 0.15) is 0 Å². The molecule has 158 valence electrons. The molecule has 3 rings (SSSR count). The summed E-state index contributed by atoms with van der Waals surface area (Å²) in [5.74, 6) is 0. The van der Waals surface area contributed by atoms with Crippen molar-refractivity contribution in [3.8, 4) is 0 Å². The first-order valence-corrected chi connectivity index (χ1v) is 12.5. The van der Waals surface area contributed by atoms with Gasteiger partial charge in [0.2, 0.25) is 10.0 Å². The van der Waals surface area contributed by atoms with Crippen LogP contribution in [0.4, 0.5) is 11.4 Å². The Bertz CT molecular complexity index is 1050. The van der Waals surface area contributed by atoms with Crippen molar-refractivity contribution in [2.75, 3.05) is 35.5 Å². The topological polar surface area (TPSA) is 52.7 Å². The van der Waals surface area contributed by atoms with Gasteiger partial charge in [0.25, 0.3) is 0 Å². The van der Waals surface area contributed by atoms with Crippen LogP contribution in [0.3, 0.4) is 0 Å². The van der Waals surface area contributed by atoms with E-state index in [-0.39, 0.29) is 4.90 Å². The van der Waals surface area contributed by atoms with Gasteiger partial charge in [-0.3, -0.25) is 0 Å². The third kappa shape index (κ3) is 5.33. The van der Waals surface area contributed by atoms with E-state index in [0.717, 1.165) is 27.1 Å². The third-order valence-corrected chi connectivity index (χ3v) is 7.38. The summed E-state index contributed by atoms with van der Waals surface area (Å²) in [5.41, 5.74) is 3.91. The highest BCUT2D eigenvalue weighted by Gasteiger charge is 2.23. The van der Waals surface area contributed by atoms with Crippen molar-refractivity contribution in [2.45, 2.75) is 10.9 Å². The number of hydrogen-bond donors (Lipinski definition) is 1.